The second-order valence-corrected chi connectivity index (χ2v) is 9.19. The summed E-state index contributed by atoms with van der Waals surface area (Å²) in [4.78, 5) is 14.5. The van der Waals surface area contributed by atoms with Gasteiger partial charge in [-0.25, -0.2) is 13.2 Å². The van der Waals surface area contributed by atoms with Gasteiger partial charge in [-0.05, 0) is 36.4 Å². The molecule has 0 unspecified atom stereocenters. The predicted molar refractivity (Wildman–Crippen MR) is 112 cm³/mol. The highest BCUT2D eigenvalue weighted by molar-refractivity contribution is 7.89. The van der Waals surface area contributed by atoms with Gasteiger partial charge in [0, 0.05) is 38.2 Å². The highest BCUT2D eigenvalue weighted by Gasteiger charge is 2.51. The number of nitrogens with one attached hydrogen (secondary N) is 1. The Morgan fingerprint density at radius 2 is 1.70 bits per heavy atom. The number of sulfonamides is 1. The lowest BCUT2D eigenvalue weighted by Crippen LogP contribution is -2.56. The highest BCUT2D eigenvalue weighted by atomic mass is 32.2. The van der Waals surface area contributed by atoms with Crippen LogP contribution >= 0.6 is 0 Å². The molecule has 2 heterocycles. The molecule has 4 rings (SSSR count). The van der Waals surface area contributed by atoms with Crippen LogP contribution in [0.4, 0.5) is 10.5 Å². The zero-order chi connectivity index (χ0) is 21.2. The number of benzene rings is 2. The Morgan fingerprint density at radius 1 is 1.03 bits per heavy atom. The molecule has 2 aliphatic rings. The molecule has 2 aromatic rings. The van der Waals surface area contributed by atoms with Crippen LogP contribution in [-0.4, -0.2) is 62.7 Å². The average Bonchev–Trinajstić information content (AvgIpc) is 3.18. The molecule has 0 aromatic heterocycles. The van der Waals surface area contributed by atoms with E-state index in [1.165, 1.54) is 11.4 Å². The molecule has 8 nitrogen and oxygen atoms in total. The number of nitrogens with zero attached hydrogens (tertiary/aromatic N) is 2. The summed E-state index contributed by atoms with van der Waals surface area (Å²) in [6.45, 7) is 1.46. The number of carbonyl (C=O) groups is 1. The van der Waals surface area contributed by atoms with Crippen molar-refractivity contribution < 1.29 is 22.7 Å². The third-order valence-corrected chi connectivity index (χ3v) is 7.59. The van der Waals surface area contributed by atoms with Crippen molar-refractivity contribution in [3.05, 3.63) is 54.6 Å². The van der Waals surface area contributed by atoms with Crippen LogP contribution in [0.2, 0.25) is 0 Å². The molecular weight excluding hydrogens is 406 g/mol. The first-order valence-corrected chi connectivity index (χ1v) is 11.3. The highest BCUT2D eigenvalue weighted by Crippen LogP contribution is 2.38. The molecule has 0 atom stereocenters. The predicted octanol–water partition coefficient (Wildman–Crippen LogP) is 2.74. The second-order valence-electron chi connectivity index (χ2n) is 7.33. The molecule has 2 aromatic carbocycles. The Bertz CT molecular complexity index is 987. The summed E-state index contributed by atoms with van der Waals surface area (Å²) in [5.41, 5.74) is -0.189. The summed E-state index contributed by atoms with van der Waals surface area (Å²) in [6.07, 6.45) is 0.842. The smallest absolute Gasteiger partial charge is 0.321 e. The van der Waals surface area contributed by atoms with Crippen molar-refractivity contribution in [2.75, 3.05) is 38.7 Å². The SMILES string of the molecule is COc1ccc(S(=O)(=O)N2CCOC23CCN(C(=O)Nc2ccccc2)CC3)cc1. The summed E-state index contributed by atoms with van der Waals surface area (Å²) in [6, 6.07) is 15.4. The maximum atomic E-state index is 13.3. The van der Waals surface area contributed by atoms with Gasteiger partial charge in [-0.2, -0.15) is 4.31 Å². The fourth-order valence-corrected chi connectivity index (χ4v) is 5.71. The van der Waals surface area contributed by atoms with Crippen LogP contribution < -0.4 is 10.1 Å². The number of piperidine rings is 1. The Morgan fingerprint density at radius 3 is 2.33 bits per heavy atom. The molecule has 160 valence electrons. The van der Waals surface area contributed by atoms with Crippen LogP contribution in [0.1, 0.15) is 12.8 Å². The number of para-hydroxylation sites is 1. The summed E-state index contributed by atoms with van der Waals surface area (Å²) in [5.74, 6) is 0.596. The maximum absolute atomic E-state index is 13.3. The van der Waals surface area contributed by atoms with Gasteiger partial charge in [-0.1, -0.05) is 18.2 Å². The normalized spacial score (nSPS) is 19.0. The molecule has 2 fully saturated rings. The van der Waals surface area contributed by atoms with Crippen molar-refractivity contribution in [2.45, 2.75) is 23.5 Å². The molecule has 0 bridgehead atoms. The van der Waals surface area contributed by atoms with Crippen molar-refractivity contribution >= 4 is 21.7 Å². The molecule has 2 saturated heterocycles. The lowest BCUT2D eigenvalue weighted by molar-refractivity contribution is -0.0840. The number of likely N-dealkylation sites (tertiary alicyclic amines) is 1. The molecule has 0 aliphatic carbocycles. The van der Waals surface area contributed by atoms with Crippen LogP contribution in [0.15, 0.2) is 59.5 Å². The minimum absolute atomic E-state index is 0.196. The first-order valence-electron chi connectivity index (χ1n) is 9.86. The number of ether oxygens (including phenoxy) is 2. The number of rotatable bonds is 4. The number of urea groups is 1. The van der Waals surface area contributed by atoms with Crippen LogP contribution in [-0.2, 0) is 14.8 Å². The van der Waals surface area contributed by atoms with E-state index in [1.54, 1.807) is 29.2 Å². The van der Waals surface area contributed by atoms with E-state index in [1.807, 2.05) is 30.3 Å². The van der Waals surface area contributed by atoms with Gasteiger partial charge in [0.1, 0.15) is 11.5 Å². The minimum atomic E-state index is -3.72. The zero-order valence-corrected chi connectivity index (χ0v) is 17.6. The molecular formula is C21H25N3O5S. The summed E-state index contributed by atoms with van der Waals surface area (Å²) < 4.78 is 39.1. The van der Waals surface area contributed by atoms with E-state index >= 15 is 0 Å². The van der Waals surface area contributed by atoms with Crippen molar-refractivity contribution in [3.8, 4) is 5.75 Å². The molecule has 2 amide bonds. The van der Waals surface area contributed by atoms with E-state index in [9.17, 15) is 13.2 Å². The van der Waals surface area contributed by atoms with Crippen LogP contribution in [0, 0.1) is 0 Å². The molecule has 9 heteroatoms. The Hall–Kier alpha value is -2.62. The van der Waals surface area contributed by atoms with Crippen LogP contribution in [0.3, 0.4) is 0 Å². The standard InChI is InChI=1S/C21H25N3O5S/c1-28-18-7-9-19(10-8-18)30(26,27)24-15-16-29-21(24)11-13-23(14-12-21)20(25)22-17-5-3-2-4-6-17/h2-10H,11-16H2,1H3,(H,22,25). The van der Waals surface area contributed by atoms with E-state index in [2.05, 4.69) is 5.32 Å². The average molecular weight is 432 g/mol. The van der Waals surface area contributed by atoms with E-state index in [0.717, 1.165) is 5.69 Å². The second kappa shape index (κ2) is 8.25. The fourth-order valence-electron chi connectivity index (χ4n) is 3.99. The summed E-state index contributed by atoms with van der Waals surface area (Å²) >= 11 is 0. The first kappa shape index (κ1) is 20.6. The number of methoxy groups -OCH3 is 1. The number of hydrogen-bond donors (Lipinski definition) is 1. The Balaban J connectivity index is 1.46. The molecule has 30 heavy (non-hydrogen) atoms. The lowest BCUT2D eigenvalue weighted by Gasteiger charge is -2.42. The van der Waals surface area contributed by atoms with Crippen molar-refractivity contribution in [1.29, 1.82) is 0 Å². The van der Waals surface area contributed by atoms with Gasteiger partial charge in [0.2, 0.25) is 10.0 Å². The van der Waals surface area contributed by atoms with E-state index < -0.39 is 15.7 Å². The van der Waals surface area contributed by atoms with E-state index in [0.29, 0.717) is 44.8 Å². The number of hydrogen-bond acceptors (Lipinski definition) is 5. The lowest BCUT2D eigenvalue weighted by atomic mass is 10.0. The van der Waals surface area contributed by atoms with Crippen LogP contribution in [0.5, 0.6) is 5.75 Å². The molecule has 0 radical (unpaired) electrons. The zero-order valence-electron chi connectivity index (χ0n) is 16.8. The maximum Gasteiger partial charge on any atom is 0.321 e. The third kappa shape index (κ3) is 3.88. The van der Waals surface area contributed by atoms with Gasteiger partial charge >= 0.3 is 6.03 Å². The van der Waals surface area contributed by atoms with Crippen molar-refractivity contribution in [2.24, 2.45) is 0 Å². The largest absolute Gasteiger partial charge is 0.497 e. The third-order valence-electron chi connectivity index (χ3n) is 5.62. The van der Waals surface area contributed by atoms with Gasteiger partial charge in [0.15, 0.2) is 0 Å². The number of amides is 2. The quantitative estimate of drug-likeness (QED) is 0.804. The van der Waals surface area contributed by atoms with E-state index in [-0.39, 0.29) is 10.9 Å². The van der Waals surface area contributed by atoms with Gasteiger partial charge in [0.25, 0.3) is 0 Å². The topological polar surface area (TPSA) is 88.2 Å². The van der Waals surface area contributed by atoms with Crippen molar-refractivity contribution in [1.82, 2.24) is 9.21 Å². The summed E-state index contributed by atoms with van der Waals surface area (Å²) in [7, 11) is -2.19. The molecule has 1 spiro atoms. The fraction of sp³-hybridized carbons (Fsp3) is 0.381. The van der Waals surface area contributed by atoms with Gasteiger partial charge < -0.3 is 19.7 Å². The monoisotopic (exact) mass is 431 g/mol. The minimum Gasteiger partial charge on any atom is -0.497 e. The molecule has 0 saturated carbocycles. The van der Waals surface area contributed by atoms with Gasteiger partial charge in [-0.3, -0.25) is 0 Å². The number of anilines is 1. The van der Waals surface area contributed by atoms with Crippen molar-refractivity contribution in [3.63, 3.8) is 0 Å². The number of carbonyl (C=O) groups excluding carboxylic acids is 1. The molecule has 1 N–H and O–H groups in total. The summed E-state index contributed by atoms with van der Waals surface area (Å²) in [5, 5.41) is 2.87. The molecule has 2 aliphatic heterocycles. The first-order chi connectivity index (χ1) is 14.4. The Labute approximate surface area is 176 Å². The van der Waals surface area contributed by atoms with E-state index in [4.69, 9.17) is 9.47 Å². The van der Waals surface area contributed by atoms with Gasteiger partial charge in [0.05, 0.1) is 18.6 Å². The van der Waals surface area contributed by atoms with Gasteiger partial charge in [-0.15, -0.1) is 0 Å². The van der Waals surface area contributed by atoms with Crippen LogP contribution in [0.25, 0.3) is 0 Å². The Kier molecular flexibility index (Phi) is 5.68.